The summed E-state index contributed by atoms with van der Waals surface area (Å²) in [6, 6.07) is 0.281. The molecular formula is C14H25N5O2. The van der Waals surface area contributed by atoms with Crippen LogP contribution in [0, 0.1) is 5.92 Å². The molecule has 1 aromatic rings. The van der Waals surface area contributed by atoms with Crippen LogP contribution in [0.4, 0.5) is 11.9 Å². The molecule has 1 heterocycles. The lowest BCUT2D eigenvalue weighted by Gasteiger charge is -2.35. The largest absolute Gasteiger partial charge is 0.464 e. The topological polar surface area (TPSA) is 92.2 Å². The van der Waals surface area contributed by atoms with Crippen molar-refractivity contribution in [3.05, 3.63) is 0 Å². The molecule has 118 valence electrons. The predicted molar refractivity (Wildman–Crippen MR) is 81.6 cm³/mol. The van der Waals surface area contributed by atoms with Crippen LogP contribution in [0.1, 0.15) is 39.5 Å². The highest BCUT2D eigenvalue weighted by Gasteiger charge is 2.32. The molecule has 3 N–H and O–H groups in total. The lowest BCUT2D eigenvalue weighted by atomic mass is 9.79. The number of anilines is 2. The van der Waals surface area contributed by atoms with Gasteiger partial charge in [0.25, 0.3) is 0 Å². The average molecular weight is 295 g/mol. The van der Waals surface area contributed by atoms with Gasteiger partial charge in [-0.1, -0.05) is 19.8 Å². The minimum Gasteiger partial charge on any atom is -0.464 e. The van der Waals surface area contributed by atoms with Crippen LogP contribution in [0.15, 0.2) is 0 Å². The molecule has 0 bridgehead atoms. The number of nitrogens with zero attached hydrogens (tertiary/aromatic N) is 3. The lowest BCUT2D eigenvalue weighted by molar-refractivity contribution is -0.000913. The van der Waals surface area contributed by atoms with Gasteiger partial charge in [0.1, 0.15) is 0 Å². The van der Waals surface area contributed by atoms with Crippen LogP contribution < -0.4 is 15.4 Å². The fourth-order valence-corrected chi connectivity index (χ4v) is 2.78. The Morgan fingerprint density at radius 1 is 1.33 bits per heavy atom. The predicted octanol–water partition coefficient (Wildman–Crippen LogP) is 1.67. The van der Waals surface area contributed by atoms with Crippen molar-refractivity contribution in [2.24, 2.45) is 5.92 Å². The number of hydrogen-bond acceptors (Lipinski definition) is 7. The van der Waals surface area contributed by atoms with Crippen molar-refractivity contribution in [2.75, 3.05) is 30.8 Å². The van der Waals surface area contributed by atoms with Gasteiger partial charge in [-0.15, -0.1) is 0 Å². The van der Waals surface area contributed by atoms with E-state index in [1.807, 2.05) is 6.92 Å². The van der Waals surface area contributed by atoms with Crippen molar-refractivity contribution in [2.45, 2.75) is 45.1 Å². The SMILES string of the molecule is CCOc1nc(NC)nc(NCC2(O)CCCC(C)C2)n1. The molecule has 1 saturated carbocycles. The third-order valence-corrected chi connectivity index (χ3v) is 3.75. The molecule has 0 spiro atoms. The van der Waals surface area contributed by atoms with Crippen LogP contribution >= 0.6 is 0 Å². The first-order valence-corrected chi connectivity index (χ1v) is 7.57. The fraction of sp³-hybridized carbons (Fsp3) is 0.786. The minimum atomic E-state index is -0.685. The number of ether oxygens (including phenoxy) is 1. The normalized spacial score (nSPS) is 25.4. The average Bonchev–Trinajstić information content (AvgIpc) is 2.45. The molecule has 2 atom stereocenters. The Morgan fingerprint density at radius 3 is 2.76 bits per heavy atom. The van der Waals surface area contributed by atoms with Crippen LogP contribution in [0.3, 0.4) is 0 Å². The number of hydrogen-bond donors (Lipinski definition) is 3. The van der Waals surface area contributed by atoms with E-state index in [-0.39, 0.29) is 6.01 Å². The lowest BCUT2D eigenvalue weighted by Crippen LogP contribution is -2.41. The van der Waals surface area contributed by atoms with Crippen molar-refractivity contribution >= 4 is 11.9 Å². The van der Waals surface area contributed by atoms with Gasteiger partial charge in [0.2, 0.25) is 11.9 Å². The number of nitrogens with one attached hydrogen (secondary N) is 2. The molecule has 1 fully saturated rings. The Morgan fingerprint density at radius 2 is 2.10 bits per heavy atom. The van der Waals surface area contributed by atoms with Crippen molar-refractivity contribution in [3.63, 3.8) is 0 Å². The highest BCUT2D eigenvalue weighted by atomic mass is 16.5. The van der Waals surface area contributed by atoms with Gasteiger partial charge in [0, 0.05) is 13.6 Å². The molecule has 0 saturated heterocycles. The summed E-state index contributed by atoms with van der Waals surface area (Å²) in [5.41, 5.74) is -0.685. The molecule has 0 aliphatic heterocycles. The Balaban J connectivity index is 2.03. The zero-order valence-corrected chi connectivity index (χ0v) is 13.0. The monoisotopic (exact) mass is 295 g/mol. The summed E-state index contributed by atoms with van der Waals surface area (Å²) in [5.74, 6) is 1.42. The van der Waals surface area contributed by atoms with Crippen molar-refractivity contribution in [1.82, 2.24) is 15.0 Å². The molecule has 0 radical (unpaired) electrons. The second kappa shape index (κ2) is 6.89. The van der Waals surface area contributed by atoms with Crippen molar-refractivity contribution in [1.29, 1.82) is 0 Å². The highest BCUT2D eigenvalue weighted by molar-refractivity contribution is 5.35. The first-order valence-electron chi connectivity index (χ1n) is 7.57. The van der Waals surface area contributed by atoms with Crippen LogP contribution in [-0.2, 0) is 0 Å². The molecule has 1 aromatic heterocycles. The summed E-state index contributed by atoms with van der Waals surface area (Å²) < 4.78 is 5.32. The Bertz CT molecular complexity index is 471. The van der Waals surface area contributed by atoms with E-state index in [2.05, 4.69) is 32.5 Å². The van der Waals surface area contributed by atoms with Gasteiger partial charge in [-0.25, -0.2) is 0 Å². The molecule has 1 aliphatic rings. The van der Waals surface area contributed by atoms with Gasteiger partial charge in [0.15, 0.2) is 0 Å². The van der Waals surface area contributed by atoms with Gasteiger partial charge in [-0.2, -0.15) is 15.0 Å². The van der Waals surface area contributed by atoms with E-state index in [0.717, 1.165) is 19.3 Å². The molecule has 0 amide bonds. The molecule has 21 heavy (non-hydrogen) atoms. The first-order chi connectivity index (χ1) is 10.0. The first kappa shape index (κ1) is 15.8. The maximum Gasteiger partial charge on any atom is 0.323 e. The number of aliphatic hydroxyl groups is 1. The molecule has 0 aromatic carbocycles. The van der Waals surface area contributed by atoms with Gasteiger partial charge in [-0.3, -0.25) is 0 Å². The molecule has 1 aliphatic carbocycles. The van der Waals surface area contributed by atoms with E-state index in [9.17, 15) is 5.11 Å². The molecule has 7 nitrogen and oxygen atoms in total. The third-order valence-electron chi connectivity index (χ3n) is 3.75. The van der Waals surface area contributed by atoms with Crippen LogP contribution in [0.5, 0.6) is 6.01 Å². The van der Waals surface area contributed by atoms with Gasteiger partial charge < -0.3 is 20.5 Å². The summed E-state index contributed by atoms with van der Waals surface area (Å²) >= 11 is 0. The molecule has 7 heteroatoms. The van der Waals surface area contributed by atoms with Gasteiger partial charge >= 0.3 is 6.01 Å². The number of rotatable bonds is 6. The Hall–Kier alpha value is -1.63. The van der Waals surface area contributed by atoms with E-state index in [1.165, 1.54) is 6.42 Å². The van der Waals surface area contributed by atoms with Crippen LogP contribution in [0.2, 0.25) is 0 Å². The Kier molecular flexibility index (Phi) is 5.17. The minimum absolute atomic E-state index is 0.281. The summed E-state index contributed by atoms with van der Waals surface area (Å²) in [5, 5.41) is 16.6. The quantitative estimate of drug-likeness (QED) is 0.735. The zero-order valence-electron chi connectivity index (χ0n) is 13.0. The van der Waals surface area contributed by atoms with E-state index in [4.69, 9.17) is 4.74 Å². The summed E-state index contributed by atoms with van der Waals surface area (Å²) in [4.78, 5) is 12.5. The zero-order chi connectivity index (χ0) is 15.3. The molecule has 2 unspecified atom stereocenters. The summed E-state index contributed by atoms with van der Waals surface area (Å²) in [6.07, 6.45) is 3.86. The third kappa shape index (κ3) is 4.42. The smallest absolute Gasteiger partial charge is 0.323 e. The van der Waals surface area contributed by atoms with Crippen molar-refractivity contribution in [3.8, 4) is 6.01 Å². The van der Waals surface area contributed by atoms with E-state index in [0.29, 0.717) is 31.0 Å². The summed E-state index contributed by atoms with van der Waals surface area (Å²) in [7, 11) is 1.74. The van der Waals surface area contributed by atoms with E-state index >= 15 is 0 Å². The van der Waals surface area contributed by atoms with Crippen LogP contribution in [0.25, 0.3) is 0 Å². The fourth-order valence-electron chi connectivity index (χ4n) is 2.78. The second-order valence-electron chi connectivity index (χ2n) is 5.73. The Labute approximate surface area is 125 Å². The van der Waals surface area contributed by atoms with E-state index in [1.54, 1.807) is 7.05 Å². The maximum atomic E-state index is 10.6. The standard InChI is InChI=1S/C14H25N5O2/c1-4-21-13-18-11(15-3)17-12(19-13)16-9-14(20)7-5-6-10(2)8-14/h10,20H,4-9H2,1-3H3,(H2,15,16,17,18,19). The molecule has 2 rings (SSSR count). The van der Waals surface area contributed by atoms with Crippen LogP contribution in [-0.4, -0.2) is 45.9 Å². The number of aromatic nitrogens is 3. The van der Waals surface area contributed by atoms with Crippen molar-refractivity contribution < 1.29 is 9.84 Å². The molecular weight excluding hydrogens is 270 g/mol. The second-order valence-corrected chi connectivity index (χ2v) is 5.73. The maximum absolute atomic E-state index is 10.6. The van der Waals surface area contributed by atoms with E-state index < -0.39 is 5.60 Å². The van der Waals surface area contributed by atoms with Gasteiger partial charge in [-0.05, 0) is 25.7 Å². The highest BCUT2D eigenvalue weighted by Crippen LogP contribution is 2.32. The summed E-state index contributed by atoms with van der Waals surface area (Å²) in [6.45, 7) is 4.99. The van der Waals surface area contributed by atoms with Gasteiger partial charge in [0.05, 0.1) is 12.2 Å².